The number of rotatable bonds is 3. The van der Waals surface area contributed by atoms with Crippen LogP contribution in [0.25, 0.3) is 0 Å². The molecule has 0 heterocycles. The molecule has 0 spiro atoms. The molecule has 1 amide bonds. The molecule has 2 nitrogen and oxygen atoms in total. The minimum Gasteiger partial charge on any atom is -0.339 e. The average Bonchev–Trinajstić information content (AvgIpc) is 2.46. The number of amides is 1. The Bertz CT molecular complexity index is 507. The molecule has 1 aromatic carbocycles. The molecule has 1 fully saturated rings. The number of carbonyl (C=O) groups excluding carboxylic acids is 1. The first kappa shape index (κ1) is 17.2. The zero-order chi connectivity index (χ0) is 16.3. The van der Waals surface area contributed by atoms with Crippen LogP contribution in [0.2, 0.25) is 0 Å². The smallest absolute Gasteiger partial charge is 0.339 e. The van der Waals surface area contributed by atoms with Crippen molar-refractivity contribution in [3.05, 3.63) is 29.8 Å². The number of thioether (sulfide) groups is 1. The highest BCUT2D eigenvalue weighted by Crippen LogP contribution is 2.36. The fraction of sp³-hybridized carbons (Fsp3) is 0.562. The molecule has 1 aliphatic rings. The van der Waals surface area contributed by atoms with E-state index in [4.69, 9.17) is 0 Å². The van der Waals surface area contributed by atoms with Crippen molar-refractivity contribution in [1.82, 2.24) is 4.90 Å². The number of nitrogens with zero attached hydrogens (tertiary/aromatic N) is 1. The second kappa shape index (κ2) is 6.94. The third-order valence-electron chi connectivity index (χ3n) is 4.19. The maximum absolute atomic E-state index is 12.4. The van der Waals surface area contributed by atoms with Crippen molar-refractivity contribution in [2.24, 2.45) is 5.92 Å². The Morgan fingerprint density at radius 3 is 2.18 bits per heavy atom. The molecule has 6 heteroatoms. The Morgan fingerprint density at radius 2 is 1.68 bits per heavy atom. The van der Waals surface area contributed by atoms with Gasteiger partial charge in [-0.1, -0.05) is 6.92 Å². The van der Waals surface area contributed by atoms with E-state index >= 15 is 0 Å². The lowest BCUT2D eigenvalue weighted by molar-refractivity contribution is -0.0328. The molecule has 0 saturated heterocycles. The van der Waals surface area contributed by atoms with Crippen LogP contribution in [0.1, 0.15) is 43.0 Å². The Morgan fingerprint density at radius 1 is 1.14 bits per heavy atom. The third-order valence-corrected chi connectivity index (χ3v) is 4.93. The lowest BCUT2D eigenvalue weighted by Gasteiger charge is -2.33. The first-order valence-corrected chi connectivity index (χ1v) is 8.21. The summed E-state index contributed by atoms with van der Waals surface area (Å²) in [6, 6.07) is 5.87. The van der Waals surface area contributed by atoms with Crippen LogP contribution in [-0.2, 0) is 0 Å². The Kier molecular flexibility index (Phi) is 5.42. The Hall–Kier alpha value is -1.17. The largest absolute Gasteiger partial charge is 0.446 e. The predicted molar refractivity (Wildman–Crippen MR) is 81.9 cm³/mol. The van der Waals surface area contributed by atoms with Gasteiger partial charge in [0.05, 0.1) is 0 Å². The lowest BCUT2D eigenvalue weighted by Crippen LogP contribution is -2.39. The van der Waals surface area contributed by atoms with Gasteiger partial charge in [0.15, 0.2) is 0 Å². The first-order valence-electron chi connectivity index (χ1n) is 7.39. The lowest BCUT2D eigenvalue weighted by atomic mass is 9.86. The molecule has 1 aromatic rings. The number of halogens is 3. The highest BCUT2D eigenvalue weighted by Gasteiger charge is 2.29. The van der Waals surface area contributed by atoms with Crippen LogP contribution in [0, 0.1) is 5.92 Å². The molecule has 1 aliphatic carbocycles. The van der Waals surface area contributed by atoms with Gasteiger partial charge in [0.25, 0.3) is 5.91 Å². The van der Waals surface area contributed by atoms with Gasteiger partial charge in [-0.25, -0.2) is 0 Å². The van der Waals surface area contributed by atoms with Crippen molar-refractivity contribution in [3.63, 3.8) is 0 Å². The summed E-state index contributed by atoms with van der Waals surface area (Å²) in [5.41, 5.74) is -3.87. The summed E-state index contributed by atoms with van der Waals surface area (Å²) in [7, 11) is 1.78. The van der Waals surface area contributed by atoms with Gasteiger partial charge in [0.1, 0.15) is 0 Å². The van der Waals surface area contributed by atoms with Crippen molar-refractivity contribution in [2.45, 2.75) is 49.1 Å². The van der Waals surface area contributed by atoms with Crippen LogP contribution in [0.15, 0.2) is 29.2 Å². The summed E-state index contributed by atoms with van der Waals surface area (Å²) in [6.45, 7) is 2.22. The van der Waals surface area contributed by atoms with E-state index in [9.17, 15) is 18.0 Å². The van der Waals surface area contributed by atoms with Gasteiger partial charge < -0.3 is 4.90 Å². The molecular weight excluding hydrogens is 311 g/mol. The van der Waals surface area contributed by atoms with Gasteiger partial charge in [-0.15, -0.1) is 0 Å². The summed E-state index contributed by atoms with van der Waals surface area (Å²) < 4.78 is 36.9. The summed E-state index contributed by atoms with van der Waals surface area (Å²) in [4.78, 5) is 14.2. The van der Waals surface area contributed by atoms with Crippen LogP contribution in [0.5, 0.6) is 0 Å². The Balaban J connectivity index is 2.00. The molecule has 0 N–H and O–H groups in total. The van der Waals surface area contributed by atoms with Crippen molar-refractivity contribution in [2.75, 3.05) is 7.05 Å². The number of hydrogen-bond donors (Lipinski definition) is 0. The van der Waals surface area contributed by atoms with Crippen LogP contribution >= 0.6 is 11.8 Å². The second-order valence-corrected chi connectivity index (χ2v) is 7.04. The number of carbonyl (C=O) groups is 1. The zero-order valence-corrected chi connectivity index (χ0v) is 13.5. The summed E-state index contributed by atoms with van der Waals surface area (Å²) in [5, 5.41) is 0. The maximum atomic E-state index is 12.4. The number of hydrogen-bond acceptors (Lipinski definition) is 2. The molecule has 122 valence electrons. The molecule has 22 heavy (non-hydrogen) atoms. The van der Waals surface area contributed by atoms with Crippen molar-refractivity contribution in [3.8, 4) is 0 Å². The normalized spacial score (nSPS) is 22.4. The van der Waals surface area contributed by atoms with E-state index in [-0.39, 0.29) is 28.6 Å². The monoisotopic (exact) mass is 331 g/mol. The Labute approximate surface area is 133 Å². The molecule has 0 radical (unpaired) electrons. The van der Waals surface area contributed by atoms with Crippen LogP contribution in [0.4, 0.5) is 13.2 Å². The van der Waals surface area contributed by atoms with E-state index in [2.05, 4.69) is 6.92 Å². The highest BCUT2D eigenvalue weighted by molar-refractivity contribution is 8.00. The molecule has 0 bridgehead atoms. The molecule has 2 rings (SSSR count). The first-order chi connectivity index (χ1) is 10.3. The van der Waals surface area contributed by atoms with Crippen LogP contribution < -0.4 is 0 Å². The minimum absolute atomic E-state index is 0.0956. The summed E-state index contributed by atoms with van der Waals surface area (Å²) in [5.74, 6) is 0.585. The number of alkyl halides is 3. The van der Waals surface area contributed by atoms with E-state index in [1.165, 1.54) is 24.3 Å². The van der Waals surface area contributed by atoms with E-state index < -0.39 is 5.51 Å². The molecule has 0 aliphatic heterocycles. The molecule has 0 unspecified atom stereocenters. The van der Waals surface area contributed by atoms with E-state index in [1.54, 1.807) is 11.9 Å². The molecule has 1 saturated carbocycles. The molecule has 0 atom stereocenters. The predicted octanol–water partition coefficient (Wildman–Crippen LogP) is 4.95. The quantitative estimate of drug-likeness (QED) is 0.731. The fourth-order valence-corrected chi connectivity index (χ4v) is 3.34. The van der Waals surface area contributed by atoms with E-state index in [1.807, 2.05) is 0 Å². The third kappa shape index (κ3) is 4.66. The van der Waals surface area contributed by atoms with Gasteiger partial charge in [0, 0.05) is 23.5 Å². The second-order valence-electron chi connectivity index (χ2n) is 5.90. The number of benzene rings is 1. The molecular formula is C16H20F3NOS. The van der Waals surface area contributed by atoms with Crippen molar-refractivity contribution in [1.29, 1.82) is 0 Å². The van der Waals surface area contributed by atoms with Crippen molar-refractivity contribution < 1.29 is 18.0 Å². The molecule has 0 aromatic heterocycles. The van der Waals surface area contributed by atoms with Crippen molar-refractivity contribution >= 4 is 17.7 Å². The van der Waals surface area contributed by atoms with Crippen LogP contribution in [0.3, 0.4) is 0 Å². The van der Waals surface area contributed by atoms with E-state index in [0.29, 0.717) is 11.5 Å². The standard InChI is InChI=1S/C16H20F3NOS/c1-11-3-7-13(8-4-11)20(2)15(21)12-5-9-14(10-6-12)22-16(17,18)19/h5-6,9-11,13H,3-4,7-8H2,1-2H3. The van der Waals surface area contributed by atoms with E-state index in [0.717, 1.165) is 25.7 Å². The average molecular weight is 331 g/mol. The summed E-state index contributed by atoms with van der Waals surface area (Å²) >= 11 is -0.167. The fourth-order valence-electron chi connectivity index (χ4n) is 2.80. The minimum atomic E-state index is -4.30. The SMILES string of the molecule is CC1CCC(N(C)C(=O)c2ccc(SC(F)(F)F)cc2)CC1. The maximum Gasteiger partial charge on any atom is 0.446 e. The van der Waals surface area contributed by atoms with Gasteiger partial charge in [0.2, 0.25) is 0 Å². The highest BCUT2D eigenvalue weighted by atomic mass is 32.2. The summed E-state index contributed by atoms with van der Waals surface area (Å²) in [6.07, 6.45) is 4.21. The van der Waals surface area contributed by atoms with Gasteiger partial charge in [-0.05, 0) is 67.6 Å². The van der Waals surface area contributed by atoms with Gasteiger partial charge >= 0.3 is 5.51 Å². The topological polar surface area (TPSA) is 20.3 Å². The van der Waals surface area contributed by atoms with Crippen LogP contribution in [-0.4, -0.2) is 29.4 Å². The van der Waals surface area contributed by atoms with Gasteiger partial charge in [-0.3, -0.25) is 4.79 Å². The zero-order valence-electron chi connectivity index (χ0n) is 12.7. The van der Waals surface area contributed by atoms with Gasteiger partial charge in [-0.2, -0.15) is 13.2 Å².